The molecule has 3 rings (SSSR count). The molecule has 2 N–H and O–H groups in total. The standard InChI is InChI=1S/C22H28N4O4/c1-3-25(4-2)13-14-30-19-10-8-18(9-11-19)24-22(27)16-5-12-20(23-17-6-7-17)21(15-16)26(28)29/h5,8-12,15,17,23H,3-4,6-7,13-14H2,1-2H3,(H,24,27). The van der Waals surface area contributed by atoms with Crippen molar-refractivity contribution in [3.8, 4) is 5.75 Å². The fraction of sp³-hybridized carbons (Fsp3) is 0.409. The van der Waals surface area contributed by atoms with Crippen LogP contribution in [0.2, 0.25) is 0 Å². The van der Waals surface area contributed by atoms with E-state index in [2.05, 4.69) is 29.4 Å². The Bertz CT molecular complexity index is 877. The smallest absolute Gasteiger partial charge is 0.293 e. The van der Waals surface area contributed by atoms with Crippen molar-refractivity contribution < 1.29 is 14.5 Å². The van der Waals surface area contributed by atoms with Crippen molar-refractivity contribution in [1.29, 1.82) is 0 Å². The van der Waals surface area contributed by atoms with Gasteiger partial charge in [0.15, 0.2) is 0 Å². The number of likely N-dealkylation sites (N-methyl/N-ethyl adjacent to an activating group) is 1. The lowest BCUT2D eigenvalue weighted by Gasteiger charge is -2.18. The minimum atomic E-state index is -0.466. The van der Waals surface area contributed by atoms with E-state index in [0.29, 0.717) is 18.0 Å². The summed E-state index contributed by atoms with van der Waals surface area (Å²) in [5, 5.41) is 17.3. The first kappa shape index (κ1) is 21.6. The molecule has 0 heterocycles. The Hall–Kier alpha value is -3.13. The molecule has 2 aromatic rings. The van der Waals surface area contributed by atoms with E-state index in [9.17, 15) is 14.9 Å². The first-order valence-electron chi connectivity index (χ1n) is 10.3. The Labute approximate surface area is 176 Å². The van der Waals surface area contributed by atoms with Gasteiger partial charge in [-0.1, -0.05) is 13.8 Å². The van der Waals surface area contributed by atoms with Gasteiger partial charge in [-0.25, -0.2) is 0 Å². The molecule has 0 aromatic heterocycles. The van der Waals surface area contributed by atoms with Crippen LogP contribution in [0.25, 0.3) is 0 Å². The molecule has 2 aromatic carbocycles. The van der Waals surface area contributed by atoms with Gasteiger partial charge in [0, 0.05) is 29.9 Å². The molecule has 0 saturated heterocycles. The first-order chi connectivity index (χ1) is 14.5. The van der Waals surface area contributed by atoms with Crippen LogP contribution in [0.4, 0.5) is 17.1 Å². The van der Waals surface area contributed by atoms with Gasteiger partial charge in [0.2, 0.25) is 0 Å². The van der Waals surface area contributed by atoms with Crippen molar-refractivity contribution in [2.75, 3.05) is 36.9 Å². The fourth-order valence-corrected chi connectivity index (χ4v) is 3.06. The Morgan fingerprint density at radius 3 is 2.47 bits per heavy atom. The number of amides is 1. The molecule has 0 unspecified atom stereocenters. The molecule has 1 fully saturated rings. The second kappa shape index (κ2) is 10.1. The third-order valence-electron chi connectivity index (χ3n) is 5.08. The maximum absolute atomic E-state index is 12.5. The number of hydrogen-bond donors (Lipinski definition) is 2. The maximum atomic E-state index is 12.5. The third-order valence-corrected chi connectivity index (χ3v) is 5.08. The Kier molecular flexibility index (Phi) is 7.24. The van der Waals surface area contributed by atoms with E-state index in [0.717, 1.165) is 38.2 Å². The third kappa shape index (κ3) is 5.93. The highest BCUT2D eigenvalue weighted by Gasteiger charge is 2.25. The van der Waals surface area contributed by atoms with Crippen LogP contribution in [0.1, 0.15) is 37.0 Å². The summed E-state index contributed by atoms with van der Waals surface area (Å²) in [4.78, 5) is 25.7. The van der Waals surface area contributed by atoms with Gasteiger partial charge < -0.3 is 20.3 Å². The number of hydrogen-bond acceptors (Lipinski definition) is 6. The summed E-state index contributed by atoms with van der Waals surface area (Å²) >= 11 is 0. The molecular weight excluding hydrogens is 384 g/mol. The molecule has 0 bridgehead atoms. The molecule has 0 aliphatic heterocycles. The summed E-state index contributed by atoms with van der Waals surface area (Å²) in [7, 11) is 0. The lowest BCUT2D eigenvalue weighted by molar-refractivity contribution is -0.384. The van der Waals surface area contributed by atoms with Crippen LogP contribution >= 0.6 is 0 Å². The number of nitrogens with zero attached hydrogens (tertiary/aromatic N) is 2. The van der Waals surface area contributed by atoms with Gasteiger partial charge >= 0.3 is 0 Å². The molecule has 1 saturated carbocycles. The average molecular weight is 412 g/mol. The largest absolute Gasteiger partial charge is 0.492 e. The lowest BCUT2D eigenvalue weighted by atomic mass is 10.1. The number of benzene rings is 2. The summed E-state index contributed by atoms with van der Waals surface area (Å²) in [6.45, 7) is 7.66. The fourth-order valence-electron chi connectivity index (χ4n) is 3.06. The Morgan fingerprint density at radius 2 is 1.87 bits per heavy atom. The van der Waals surface area contributed by atoms with E-state index in [1.54, 1.807) is 36.4 Å². The zero-order chi connectivity index (χ0) is 21.5. The molecule has 0 spiro atoms. The number of rotatable bonds is 11. The van der Waals surface area contributed by atoms with Crippen molar-refractivity contribution >= 4 is 23.0 Å². The van der Waals surface area contributed by atoms with Crippen molar-refractivity contribution in [2.45, 2.75) is 32.7 Å². The van der Waals surface area contributed by atoms with Crippen molar-refractivity contribution in [2.24, 2.45) is 0 Å². The van der Waals surface area contributed by atoms with E-state index in [-0.39, 0.29) is 17.3 Å². The van der Waals surface area contributed by atoms with E-state index in [4.69, 9.17) is 4.74 Å². The Morgan fingerprint density at radius 1 is 1.17 bits per heavy atom. The van der Waals surface area contributed by atoms with Crippen molar-refractivity contribution in [3.63, 3.8) is 0 Å². The molecule has 8 nitrogen and oxygen atoms in total. The SMILES string of the molecule is CCN(CC)CCOc1ccc(NC(=O)c2ccc(NC3CC3)c([N+](=O)[O-])c2)cc1. The van der Waals surface area contributed by atoms with E-state index in [1.165, 1.54) is 6.07 Å². The number of nitrogens with one attached hydrogen (secondary N) is 2. The predicted octanol–water partition coefficient (Wildman–Crippen LogP) is 4.14. The zero-order valence-electron chi connectivity index (χ0n) is 17.4. The molecule has 0 radical (unpaired) electrons. The normalized spacial score (nSPS) is 13.2. The minimum Gasteiger partial charge on any atom is -0.492 e. The van der Waals surface area contributed by atoms with Gasteiger partial charge in [-0.2, -0.15) is 0 Å². The van der Waals surface area contributed by atoms with Crippen LogP contribution in [0, 0.1) is 10.1 Å². The molecule has 1 aliphatic rings. The first-order valence-corrected chi connectivity index (χ1v) is 10.3. The quantitative estimate of drug-likeness (QED) is 0.425. The second-order valence-corrected chi connectivity index (χ2v) is 7.26. The van der Waals surface area contributed by atoms with Gasteiger partial charge in [-0.3, -0.25) is 14.9 Å². The highest BCUT2D eigenvalue weighted by molar-refractivity contribution is 6.05. The van der Waals surface area contributed by atoms with Crippen molar-refractivity contribution in [3.05, 3.63) is 58.1 Å². The lowest BCUT2D eigenvalue weighted by Crippen LogP contribution is -2.27. The van der Waals surface area contributed by atoms with Crippen LogP contribution in [0.15, 0.2) is 42.5 Å². The Balaban J connectivity index is 1.58. The number of anilines is 2. The van der Waals surface area contributed by atoms with Crippen molar-refractivity contribution in [1.82, 2.24) is 4.90 Å². The maximum Gasteiger partial charge on any atom is 0.293 e. The number of nitro groups is 1. The molecule has 1 amide bonds. The summed E-state index contributed by atoms with van der Waals surface area (Å²) in [6.07, 6.45) is 2.02. The van der Waals surface area contributed by atoms with Gasteiger partial charge in [-0.05, 0) is 62.3 Å². The topological polar surface area (TPSA) is 96.7 Å². The average Bonchev–Trinajstić information content (AvgIpc) is 3.56. The van der Waals surface area contributed by atoms with E-state index >= 15 is 0 Å². The van der Waals surface area contributed by atoms with Crippen LogP contribution in [-0.4, -0.2) is 48.0 Å². The molecular formula is C22H28N4O4. The van der Waals surface area contributed by atoms with Crippen LogP contribution in [0.3, 0.4) is 0 Å². The molecule has 8 heteroatoms. The van der Waals surface area contributed by atoms with Gasteiger partial charge in [0.1, 0.15) is 18.0 Å². The molecule has 30 heavy (non-hydrogen) atoms. The number of carbonyl (C=O) groups excluding carboxylic acids is 1. The predicted molar refractivity (Wildman–Crippen MR) is 117 cm³/mol. The van der Waals surface area contributed by atoms with Gasteiger partial charge in [-0.15, -0.1) is 0 Å². The number of ether oxygens (including phenoxy) is 1. The van der Waals surface area contributed by atoms with Crippen LogP contribution < -0.4 is 15.4 Å². The summed E-state index contributed by atoms with van der Waals surface area (Å²) in [5.74, 6) is 0.331. The van der Waals surface area contributed by atoms with Crippen LogP contribution in [-0.2, 0) is 0 Å². The number of carbonyl (C=O) groups is 1. The highest BCUT2D eigenvalue weighted by atomic mass is 16.6. The molecule has 1 aliphatic carbocycles. The minimum absolute atomic E-state index is 0.0912. The van der Waals surface area contributed by atoms with Crippen LogP contribution in [0.5, 0.6) is 5.75 Å². The highest BCUT2D eigenvalue weighted by Crippen LogP contribution is 2.31. The zero-order valence-corrected chi connectivity index (χ0v) is 17.4. The van der Waals surface area contributed by atoms with Gasteiger partial charge in [0.25, 0.3) is 11.6 Å². The summed E-state index contributed by atoms with van der Waals surface area (Å²) in [6, 6.07) is 11.9. The molecule has 160 valence electrons. The van der Waals surface area contributed by atoms with Gasteiger partial charge in [0.05, 0.1) is 4.92 Å². The second-order valence-electron chi connectivity index (χ2n) is 7.26. The molecule has 0 atom stereocenters. The number of nitro benzene ring substituents is 1. The summed E-state index contributed by atoms with van der Waals surface area (Å²) < 4.78 is 5.74. The summed E-state index contributed by atoms with van der Waals surface area (Å²) in [5.41, 5.74) is 1.19. The van der Waals surface area contributed by atoms with E-state index < -0.39 is 10.8 Å². The van der Waals surface area contributed by atoms with E-state index in [1.807, 2.05) is 0 Å². The monoisotopic (exact) mass is 412 g/mol.